The molecule has 2 unspecified atom stereocenters. The predicted molar refractivity (Wildman–Crippen MR) is 68.2 cm³/mol. The Morgan fingerprint density at radius 2 is 1.94 bits per heavy atom. The largest absolute Gasteiger partial charge is 0.321 e. The highest BCUT2D eigenvalue weighted by Crippen LogP contribution is 2.41. The Morgan fingerprint density at radius 1 is 1.38 bits per heavy atom. The second-order valence-corrected chi connectivity index (χ2v) is 5.87. The maximum atomic E-state index is 11.9. The first-order valence-electron chi connectivity index (χ1n) is 6.78. The lowest BCUT2D eigenvalue weighted by Crippen LogP contribution is -2.35. The molecular formula is C14H27NO. The molecule has 1 aliphatic rings. The predicted octanol–water partition coefficient (Wildman–Crippen LogP) is 3.29. The van der Waals surface area contributed by atoms with Gasteiger partial charge in [0, 0.05) is 5.92 Å². The van der Waals surface area contributed by atoms with Gasteiger partial charge in [-0.1, -0.05) is 33.6 Å². The van der Waals surface area contributed by atoms with E-state index < -0.39 is 0 Å². The van der Waals surface area contributed by atoms with Crippen molar-refractivity contribution in [2.75, 3.05) is 0 Å². The van der Waals surface area contributed by atoms with Crippen LogP contribution in [0.15, 0.2) is 0 Å². The molecule has 0 spiro atoms. The van der Waals surface area contributed by atoms with Gasteiger partial charge >= 0.3 is 0 Å². The normalized spacial score (nSPS) is 23.0. The zero-order chi connectivity index (χ0) is 12.2. The number of carbonyl (C=O) groups is 1. The van der Waals surface area contributed by atoms with Crippen LogP contribution in [0.4, 0.5) is 0 Å². The van der Waals surface area contributed by atoms with E-state index in [0.29, 0.717) is 5.41 Å². The van der Waals surface area contributed by atoms with E-state index in [0.717, 1.165) is 19.3 Å². The average Bonchev–Trinajstić information content (AvgIpc) is 2.71. The third-order valence-electron chi connectivity index (χ3n) is 4.33. The van der Waals surface area contributed by atoms with Crippen LogP contribution in [0.1, 0.15) is 65.7 Å². The molecule has 2 atom stereocenters. The van der Waals surface area contributed by atoms with Crippen LogP contribution in [0.25, 0.3) is 0 Å². The summed E-state index contributed by atoms with van der Waals surface area (Å²) in [6.45, 7) is 6.38. The van der Waals surface area contributed by atoms with Crippen molar-refractivity contribution in [3.8, 4) is 0 Å². The minimum Gasteiger partial charge on any atom is -0.321 e. The molecule has 16 heavy (non-hydrogen) atoms. The van der Waals surface area contributed by atoms with Gasteiger partial charge in [0.25, 0.3) is 0 Å². The summed E-state index contributed by atoms with van der Waals surface area (Å²) in [6, 6.07) is -0.229. The summed E-state index contributed by atoms with van der Waals surface area (Å²) in [7, 11) is 0. The van der Waals surface area contributed by atoms with Crippen molar-refractivity contribution >= 4 is 5.78 Å². The summed E-state index contributed by atoms with van der Waals surface area (Å²) in [5.41, 5.74) is 6.45. The second-order valence-electron chi connectivity index (χ2n) is 5.87. The second kappa shape index (κ2) is 5.81. The smallest absolute Gasteiger partial charge is 0.152 e. The molecule has 1 rings (SSSR count). The number of carbonyl (C=O) groups excluding carboxylic acids is 1. The molecule has 2 N–H and O–H groups in total. The molecule has 94 valence electrons. The molecule has 0 radical (unpaired) electrons. The van der Waals surface area contributed by atoms with Crippen molar-refractivity contribution in [2.45, 2.75) is 71.8 Å². The Kier molecular flexibility index (Phi) is 4.97. The zero-order valence-electron chi connectivity index (χ0n) is 11.1. The van der Waals surface area contributed by atoms with Gasteiger partial charge in [-0.05, 0) is 37.5 Å². The topological polar surface area (TPSA) is 43.1 Å². The van der Waals surface area contributed by atoms with Crippen LogP contribution in [-0.2, 0) is 4.79 Å². The highest BCUT2D eigenvalue weighted by molar-refractivity contribution is 5.85. The summed E-state index contributed by atoms with van der Waals surface area (Å²) in [6.07, 6.45) is 8.24. The molecule has 0 bridgehead atoms. The van der Waals surface area contributed by atoms with Crippen molar-refractivity contribution in [1.29, 1.82) is 0 Å². The molecule has 0 aromatic heterocycles. The molecule has 1 saturated carbocycles. The Balaban J connectivity index is 2.34. The van der Waals surface area contributed by atoms with Crippen LogP contribution < -0.4 is 5.73 Å². The zero-order valence-corrected chi connectivity index (χ0v) is 11.1. The number of hydrogen-bond donors (Lipinski definition) is 1. The first kappa shape index (κ1) is 13.7. The maximum Gasteiger partial charge on any atom is 0.152 e. The average molecular weight is 225 g/mol. The standard InChI is InChI=1S/C14H27NO/c1-4-11(2)13(16)12(15)7-10-14(3)8-5-6-9-14/h11-12H,4-10,15H2,1-3H3. The molecule has 0 aromatic rings. The third-order valence-corrected chi connectivity index (χ3v) is 4.33. The fourth-order valence-corrected chi connectivity index (χ4v) is 2.69. The van der Waals surface area contributed by atoms with Crippen LogP contribution in [0.5, 0.6) is 0 Å². The Labute approximate surface area is 100.0 Å². The molecule has 0 aliphatic heterocycles. The van der Waals surface area contributed by atoms with E-state index in [9.17, 15) is 4.79 Å². The lowest BCUT2D eigenvalue weighted by Gasteiger charge is -2.25. The first-order valence-corrected chi connectivity index (χ1v) is 6.78. The molecule has 0 heterocycles. The minimum atomic E-state index is -0.229. The van der Waals surface area contributed by atoms with Crippen LogP contribution in [0.2, 0.25) is 0 Å². The SMILES string of the molecule is CCC(C)C(=O)C(N)CCC1(C)CCCC1. The van der Waals surface area contributed by atoms with Gasteiger partial charge < -0.3 is 5.73 Å². The van der Waals surface area contributed by atoms with Gasteiger partial charge in [0.05, 0.1) is 6.04 Å². The molecule has 0 saturated heterocycles. The first-order chi connectivity index (χ1) is 7.48. The maximum absolute atomic E-state index is 11.9. The van der Waals surface area contributed by atoms with Gasteiger partial charge in [-0.2, -0.15) is 0 Å². The quantitative estimate of drug-likeness (QED) is 0.753. The van der Waals surface area contributed by atoms with Crippen LogP contribution >= 0.6 is 0 Å². The highest BCUT2D eigenvalue weighted by atomic mass is 16.1. The molecule has 0 aromatic carbocycles. The number of nitrogens with two attached hydrogens (primary N) is 1. The molecule has 1 aliphatic carbocycles. The number of Topliss-reactive ketones (excluding diaryl/α,β-unsaturated/α-hetero) is 1. The monoisotopic (exact) mass is 225 g/mol. The van der Waals surface area contributed by atoms with E-state index in [1.807, 2.05) is 13.8 Å². The van der Waals surface area contributed by atoms with E-state index in [4.69, 9.17) is 5.73 Å². The summed E-state index contributed by atoms with van der Waals surface area (Å²) < 4.78 is 0. The summed E-state index contributed by atoms with van der Waals surface area (Å²) in [5, 5.41) is 0. The molecular weight excluding hydrogens is 198 g/mol. The fourth-order valence-electron chi connectivity index (χ4n) is 2.69. The molecule has 1 fully saturated rings. The van der Waals surface area contributed by atoms with Gasteiger partial charge in [-0.25, -0.2) is 0 Å². The lowest BCUT2D eigenvalue weighted by molar-refractivity contribution is -0.124. The molecule has 0 amide bonds. The van der Waals surface area contributed by atoms with Gasteiger partial charge in [0.2, 0.25) is 0 Å². The fraction of sp³-hybridized carbons (Fsp3) is 0.929. The van der Waals surface area contributed by atoms with E-state index in [1.54, 1.807) is 0 Å². The number of hydrogen-bond acceptors (Lipinski definition) is 2. The minimum absolute atomic E-state index is 0.131. The number of ketones is 1. The Bertz CT molecular complexity index is 231. The van der Waals surface area contributed by atoms with Gasteiger partial charge in [-0.15, -0.1) is 0 Å². The Hall–Kier alpha value is -0.370. The highest BCUT2D eigenvalue weighted by Gasteiger charge is 2.30. The Morgan fingerprint density at radius 3 is 2.44 bits per heavy atom. The van der Waals surface area contributed by atoms with Crippen molar-refractivity contribution in [2.24, 2.45) is 17.1 Å². The molecule has 2 heteroatoms. The van der Waals surface area contributed by atoms with Crippen molar-refractivity contribution in [3.63, 3.8) is 0 Å². The van der Waals surface area contributed by atoms with Crippen molar-refractivity contribution < 1.29 is 4.79 Å². The summed E-state index contributed by atoms with van der Waals surface area (Å²) in [4.78, 5) is 11.9. The van der Waals surface area contributed by atoms with Gasteiger partial charge in [0.1, 0.15) is 0 Å². The third kappa shape index (κ3) is 3.58. The van der Waals surface area contributed by atoms with E-state index in [2.05, 4.69) is 6.92 Å². The van der Waals surface area contributed by atoms with Gasteiger partial charge in [0.15, 0.2) is 5.78 Å². The van der Waals surface area contributed by atoms with E-state index >= 15 is 0 Å². The van der Waals surface area contributed by atoms with E-state index in [-0.39, 0.29) is 17.7 Å². The molecule has 2 nitrogen and oxygen atoms in total. The number of rotatable bonds is 6. The van der Waals surface area contributed by atoms with E-state index in [1.165, 1.54) is 25.7 Å². The summed E-state index contributed by atoms with van der Waals surface area (Å²) in [5.74, 6) is 0.385. The van der Waals surface area contributed by atoms with Crippen molar-refractivity contribution in [3.05, 3.63) is 0 Å². The van der Waals surface area contributed by atoms with Crippen molar-refractivity contribution in [1.82, 2.24) is 0 Å². The van der Waals surface area contributed by atoms with Crippen LogP contribution in [0, 0.1) is 11.3 Å². The van der Waals surface area contributed by atoms with Gasteiger partial charge in [-0.3, -0.25) is 4.79 Å². The van der Waals surface area contributed by atoms with Crippen LogP contribution in [0.3, 0.4) is 0 Å². The van der Waals surface area contributed by atoms with Crippen LogP contribution in [-0.4, -0.2) is 11.8 Å². The lowest BCUT2D eigenvalue weighted by atomic mass is 9.81. The summed E-state index contributed by atoms with van der Waals surface area (Å²) >= 11 is 0.